The van der Waals surface area contributed by atoms with Crippen LogP contribution in [0.5, 0.6) is 0 Å². The zero-order valence-corrected chi connectivity index (χ0v) is 21.7. The Hall–Kier alpha value is -3.53. The van der Waals surface area contributed by atoms with E-state index in [2.05, 4.69) is 39.4 Å². The quantitative estimate of drug-likeness (QED) is 0.345. The van der Waals surface area contributed by atoms with Gasteiger partial charge in [-0.15, -0.1) is 0 Å². The summed E-state index contributed by atoms with van der Waals surface area (Å²) in [6.45, 7) is 11.6. The molecule has 0 saturated carbocycles. The van der Waals surface area contributed by atoms with Crippen molar-refractivity contribution in [1.82, 2.24) is 19.9 Å². The number of benzene rings is 1. The number of anilines is 3. The largest absolute Gasteiger partial charge is 0.465 e. The Morgan fingerprint density at radius 3 is 2.40 bits per heavy atom. The molecule has 2 aromatic heterocycles. The SMILES string of the molecule is CCC(C)c1nc(NC(C)=O)sc1-c1ccnc(Nc2ccc(CN(C(=O)O)C(C)(C)C)cc2)n1. The molecule has 0 spiro atoms. The molecule has 0 radical (unpaired) electrons. The van der Waals surface area contributed by atoms with E-state index >= 15 is 0 Å². The van der Waals surface area contributed by atoms with Crippen molar-refractivity contribution in [2.45, 2.75) is 66.0 Å². The first-order valence-electron chi connectivity index (χ1n) is 11.5. The number of nitrogens with one attached hydrogen (secondary N) is 2. The third-order valence-corrected chi connectivity index (χ3v) is 6.50. The zero-order valence-electron chi connectivity index (χ0n) is 20.9. The van der Waals surface area contributed by atoms with Gasteiger partial charge in [0, 0.05) is 30.9 Å². The molecule has 3 aromatic rings. The minimum absolute atomic E-state index is 0.163. The van der Waals surface area contributed by atoms with Gasteiger partial charge in [0.05, 0.1) is 16.3 Å². The zero-order chi connectivity index (χ0) is 25.8. The number of thiazole rings is 1. The number of aromatic nitrogens is 3. The molecule has 0 fully saturated rings. The fraction of sp³-hybridized carbons (Fsp3) is 0.400. The van der Waals surface area contributed by atoms with Crippen molar-refractivity contribution in [3.63, 3.8) is 0 Å². The van der Waals surface area contributed by atoms with Gasteiger partial charge >= 0.3 is 6.09 Å². The maximum Gasteiger partial charge on any atom is 0.408 e. The van der Waals surface area contributed by atoms with Crippen LogP contribution in [0.15, 0.2) is 36.5 Å². The average molecular weight is 497 g/mol. The minimum Gasteiger partial charge on any atom is -0.465 e. The number of carbonyl (C=O) groups is 2. The Morgan fingerprint density at radius 1 is 1.14 bits per heavy atom. The van der Waals surface area contributed by atoms with Crippen molar-refractivity contribution in [3.05, 3.63) is 47.8 Å². The molecule has 1 aromatic carbocycles. The lowest BCUT2D eigenvalue weighted by Crippen LogP contribution is -2.44. The molecule has 1 unspecified atom stereocenters. The summed E-state index contributed by atoms with van der Waals surface area (Å²) in [5, 5.41) is 16.1. The van der Waals surface area contributed by atoms with E-state index in [1.165, 1.54) is 23.2 Å². The highest BCUT2D eigenvalue weighted by Gasteiger charge is 2.26. The van der Waals surface area contributed by atoms with Gasteiger partial charge in [-0.3, -0.25) is 9.69 Å². The summed E-state index contributed by atoms with van der Waals surface area (Å²) in [5.74, 6) is 0.478. The number of hydrogen-bond donors (Lipinski definition) is 3. The first-order valence-corrected chi connectivity index (χ1v) is 12.3. The van der Waals surface area contributed by atoms with Gasteiger partial charge in [-0.1, -0.05) is 37.3 Å². The van der Waals surface area contributed by atoms with Crippen LogP contribution in [0.4, 0.5) is 21.6 Å². The van der Waals surface area contributed by atoms with Crippen molar-refractivity contribution in [3.8, 4) is 10.6 Å². The fourth-order valence-corrected chi connectivity index (χ4v) is 4.49. The summed E-state index contributed by atoms with van der Waals surface area (Å²) in [7, 11) is 0. The Balaban J connectivity index is 1.81. The number of hydrogen-bond acceptors (Lipinski definition) is 7. The Labute approximate surface area is 209 Å². The number of rotatable bonds is 8. The van der Waals surface area contributed by atoms with E-state index in [1.54, 1.807) is 6.20 Å². The normalized spacial score (nSPS) is 12.2. The smallest absolute Gasteiger partial charge is 0.408 e. The highest BCUT2D eigenvalue weighted by molar-refractivity contribution is 7.19. The van der Waals surface area contributed by atoms with Gasteiger partial charge in [-0.25, -0.2) is 19.7 Å². The van der Waals surface area contributed by atoms with E-state index in [9.17, 15) is 14.7 Å². The first-order chi connectivity index (χ1) is 16.5. The lowest BCUT2D eigenvalue weighted by molar-refractivity contribution is -0.114. The number of carbonyl (C=O) groups excluding carboxylic acids is 1. The van der Waals surface area contributed by atoms with Gasteiger partial charge in [0.25, 0.3) is 0 Å². The molecule has 35 heavy (non-hydrogen) atoms. The van der Waals surface area contributed by atoms with Crippen molar-refractivity contribution < 1.29 is 14.7 Å². The molecule has 3 N–H and O–H groups in total. The van der Waals surface area contributed by atoms with Gasteiger partial charge in [-0.05, 0) is 56.9 Å². The van der Waals surface area contributed by atoms with E-state index in [4.69, 9.17) is 0 Å². The molecule has 0 aliphatic carbocycles. The van der Waals surface area contributed by atoms with Gasteiger partial charge in [0.15, 0.2) is 5.13 Å². The third-order valence-electron chi connectivity index (χ3n) is 5.50. The first kappa shape index (κ1) is 26.1. The van der Waals surface area contributed by atoms with Crippen LogP contribution in [0.3, 0.4) is 0 Å². The predicted octanol–water partition coefficient (Wildman–Crippen LogP) is 6.09. The maximum atomic E-state index is 11.6. The van der Waals surface area contributed by atoms with Gasteiger partial charge in [0.1, 0.15) is 0 Å². The van der Waals surface area contributed by atoms with Crippen LogP contribution in [0, 0.1) is 0 Å². The van der Waals surface area contributed by atoms with E-state index in [-0.39, 0.29) is 11.8 Å². The molecule has 0 bridgehead atoms. The molecule has 186 valence electrons. The van der Waals surface area contributed by atoms with Crippen molar-refractivity contribution in [2.75, 3.05) is 10.6 Å². The topological polar surface area (TPSA) is 120 Å². The molecule has 10 heteroatoms. The number of carboxylic acid groups (broad SMARTS) is 1. The second-order valence-corrected chi connectivity index (χ2v) is 10.3. The molecule has 9 nitrogen and oxygen atoms in total. The van der Waals surface area contributed by atoms with Crippen LogP contribution in [-0.4, -0.2) is 42.5 Å². The van der Waals surface area contributed by atoms with Crippen molar-refractivity contribution in [2.24, 2.45) is 0 Å². The Morgan fingerprint density at radius 2 is 1.83 bits per heavy atom. The molecule has 2 heterocycles. The Kier molecular flexibility index (Phi) is 8.06. The van der Waals surface area contributed by atoms with Crippen LogP contribution in [-0.2, 0) is 11.3 Å². The molecule has 2 amide bonds. The third kappa shape index (κ3) is 6.75. The fourth-order valence-electron chi connectivity index (χ4n) is 3.39. The summed E-state index contributed by atoms with van der Waals surface area (Å²) in [6.07, 6.45) is 1.64. The van der Waals surface area contributed by atoms with E-state index in [0.717, 1.165) is 33.9 Å². The van der Waals surface area contributed by atoms with E-state index in [0.29, 0.717) is 17.6 Å². The monoisotopic (exact) mass is 496 g/mol. The molecule has 0 saturated heterocycles. The van der Waals surface area contributed by atoms with Crippen LogP contribution in [0.1, 0.15) is 65.1 Å². The summed E-state index contributed by atoms with van der Waals surface area (Å²) >= 11 is 1.40. The van der Waals surface area contributed by atoms with E-state index < -0.39 is 11.6 Å². The molecular weight excluding hydrogens is 464 g/mol. The standard InChI is InChI=1S/C25H32N6O3S/c1-7-15(2)20-21(35-23(30-20)27-16(3)32)19-12-13-26-22(29-19)28-18-10-8-17(9-11-18)14-31(24(33)34)25(4,5)6/h8-13,15H,7,14H2,1-6H3,(H,33,34)(H,26,28,29)(H,27,30,32). The molecule has 3 rings (SSSR count). The van der Waals surface area contributed by atoms with Crippen LogP contribution < -0.4 is 10.6 Å². The lowest BCUT2D eigenvalue weighted by Gasteiger charge is -2.33. The molecule has 1 atom stereocenters. The van der Waals surface area contributed by atoms with Gasteiger partial charge < -0.3 is 15.7 Å². The molecule has 0 aliphatic rings. The average Bonchev–Trinajstić information content (AvgIpc) is 3.20. The minimum atomic E-state index is -0.952. The summed E-state index contributed by atoms with van der Waals surface area (Å²) < 4.78 is 0. The van der Waals surface area contributed by atoms with Gasteiger partial charge in [-0.2, -0.15) is 0 Å². The highest BCUT2D eigenvalue weighted by Crippen LogP contribution is 2.37. The maximum absolute atomic E-state index is 11.6. The summed E-state index contributed by atoms with van der Waals surface area (Å²) in [5.41, 5.74) is 2.80. The lowest BCUT2D eigenvalue weighted by atomic mass is 10.0. The summed E-state index contributed by atoms with van der Waals surface area (Å²) in [4.78, 5) is 39.1. The van der Waals surface area contributed by atoms with Crippen molar-refractivity contribution in [1.29, 1.82) is 0 Å². The van der Waals surface area contributed by atoms with Crippen LogP contribution in [0.2, 0.25) is 0 Å². The second-order valence-electron chi connectivity index (χ2n) is 9.35. The highest BCUT2D eigenvalue weighted by atomic mass is 32.1. The second kappa shape index (κ2) is 10.8. The summed E-state index contributed by atoms with van der Waals surface area (Å²) in [6, 6.07) is 9.36. The number of nitrogens with zero attached hydrogens (tertiary/aromatic N) is 4. The molecule has 0 aliphatic heterocycles. The number of amides is 2. The Bertz CT molecular complexity index is 1190. The van der Waals surface area contributed by atoms with Crippen LogP contribution >= 0.6 is 11.3 Å². The molecular formula is C25H32N6O3S. The predicted molar refractivity (Wildman–Crippen MR) is 139 cm³/mol. The van der Waals surface area contributed by atoms with E-state index in [1.807, 2.05) is 51.1 Å². The van der Waals surface area contributed by atoms with Gasteiger partial charge in [0.2, 0.25) is 11.9 Å². The van der Waals surface area contributed by atoms with Crippen LogP contribution in [0.25, 0.3) is 10.6 Å². The van der Waals surface area contributed by atoms with Crippen molar-refractivity contribution >= 4 is 40.1 Å².